The van der Waals surface area contributed by atoms with Crippen molar-refractivity contribution < 1.29 is 18.3 Å². The van der Waals surface area contributed by atoms with Gasteiger partial charge in [-0.1, -0.05) is 0 Å². The molecule has 4 heteroatoms. The van der Waals surface area contributed by atoms with Crippen molar-refractivity contribution in [3.8, 4) is 11.5 Å². The molecule has 0 spiro atoms. The Kier molecular flexibility index (Phi) is 4.10. The van der Waals surface area contributed by atoms with E-state index in [4.69, 9.17) is 9.47 Å². The Bertz CT molecular complexity index is 362. The predicted molar refractivity (Wildman–Crippen MR) is 57.9 cm³/mol. The van der Waals surface area contributed by atoms with Crippen molar-refractivity contribution in [3.05, 3.63) is 23.8 Å². The molecular formula is C12H16F2O2. The molecule has 0 amide bonds. The Labute approximate surface area is 94.2 Å². The van der Waals surface area contributed by atoms with E-state index in [1.165, 1.54) is 0 Å². The summed E-state index contributed by atoms with van der Waals surface area (Å²) in [5.41, 5.74) is 0. The van der Waals surface area contributed by atoms with E-state index in [-0.39, 0.29) is 23.7 Å². The van der Waals surface area contributed by atoms with Gasteiger partial charge in [0.2, 0.25) is 0 Å². The summed E-state index contributed by atoms with van der Waals surface area (Å²) in [6, 6.07) is 1.91. The fourth-order valence-corrected chi connectivity index (χ4v) is 1.23. The summed E-state index contributed by atoms with van der Waals surface area (Å²) in [7, 11) is 0. The van der Waals surface area contributed by atoms with Crippen LogP contribution in [0.4, 0.5) is 8.78 Å². The lowest BCUT2D eigenvalue weighted by Crippen LogP contribution is -2.12. The quantitative estimate of drug-likeness (QED) is 0.787. The molecule has 2 nitrogen and oxygen atoms in total. The van der Waals surface area contributed by atoms with Gasteiger partial charge in [-0.3, -0.25) is 0 Å². The summed E-state index contributed by atoms with van der Waals surface area (Å²) in [5, 5.41) is 0. The standard InChI is InChI=1S/C12H16F2O2/c1-7(2)15-11-6-9(13)5-10(14)12(11)16-8(3)4/h5-8H,1-4H3. The van der Waals surface area contributed by atoms with Gasteiger partial charge < -0.3 is 9.47 Å². The predicted octanol–water partition coefficient (Wildman–Crippen LogP) is 3.54. The average molecular weight is 230 g/mol. The highest BCUT2D eigenvalue weighted by atomic mass is 19.1. The first-order valence-electron chi connectivity index (χ1n) is 5.22. The van der Waals surface area contributed by atoms with Crippen molar-refractivity contribution >= 4 is 0 Å². The molecule has 1 aromatic rings. The van der Waals surface area contributed by atoms with Gasteiger partial charge in [0.15, 0.2) is 17.3 Å². The maximum absolute atomic E-state index is 13.5. The summed E-state index contributed by atoms with van der Waals surface area (Å²) in [5.74, 6) is -1.36. The Morgan fingerprint density at radius 3 is 2.00 bits per heavy atom. The Hall–Kier alpha value is -1.32. The van der Waals surface area contributed by atoms with Crippen LogP contribution in [0, 0.1) is 11.6 Å². The van der Waals surface area contributed by atoms with E-state index in [1.54, 1.807) is 27.7 Å². The zero-order chi connectivity index (χ0) is 12.3. The molecule has 0 saturated carbocycles. The monoisotopic (exact) mass is 230 g/mol. The first kappa shape index (κ1) is 12.7. The van der Waals surface area contributed by atoms with Gasteiger partial charge in [-0.25, -0.2) is 8.78 Å². The molecule has 16 heavy (non-hydrogen) atoms. The maximum atomic E-state index is 13.5. The summed E-state index contributed by atoms with van der Waals surface area (Å²) < 4.78 is 37.1. The van der Waals surface area contributed by atoms with E-state index in [0.29, 0.717) is 0 Å². The Balaban J connectivity index is 3.10. The first-order valence-corrected chi connectivity index (χ1v) is 5.22. The van der Waals surface area contributed by atoms with Gasteiger partial charge in [0.1, 0.15) is 5.82 Å². The minimum atomic E-state index is -0.746. The van der Waals surface area contributed by atoms with E-state index in [0.717, 1.165) is 12.1 Å². The lowest BCUT2D eigenvalue weighted by atomic mass is 10.3. The van der Waals surface area contributed by atoms with E-state index in [2.05, 4.69) is 0 Å². The topological polar surface area (TPSA) is 18.5 Å². The summed E-state index contributed by atoms with van der Waals surface area (Å²) in [6.07, 6.45) is -0.370. The molecule has 90 valence electrons. The van der Waals surface area contributed by atoms with Gasteiger partial charge in [0, 0.05) is 12.1 Å². The van der Waals surface area contributed by atoms with Crippen molar-refractivity contribution in [2.45, 2.75) is 39.9 Å². The van der Waals surface area contributed by atoms with Crippen LogP contribution in [0.2, 0.25) is 0 Å². The Morgan fingerprint density at radius 2 is 1.50 bits per heavy atom. The number of rotatable bonds is 4. The van der Waals surface area contributed by atoms with Crippen molar-refractivity contribution in [3.63, 3.8) is 0 Å². The minimum Gasteiger partial charge on any atom is -0.487 e. The maximum Gasteiger partial charge on any atom is 0.197 e. The minimum absolute atomic E-state index is 0.0369. The SMILES string of the molecule is CC(C)Oc1cc(F)cc(F)c1OC(C)C. The molecule has 0 fully saturated rings. The molecule has 1 aromatic carbocycles. The molecule has 0 radical (unpaired) electrons. The second-order valence-electron chi connectivity index (χ2n) is 4.05. The average Bonchev–Trinajstić information content (AvgIpc) is 2.09. The van der Waals surface area contributed by atoms with Crippen LogP contribution in [0.3, 0.4) is 0 Å². The third-order valence-corrected chi connectivity index (χ3v) is 1.69. The molecule has 0 atom stereocenters. The zero-order valence-electron chi connectivity index (χ0n) is 9.88. The number of hydrogen-bond donors (Lipinski definition) is 0. The van der Waals surface area contributed by atoms with Gasteiger partial charge in [-0.15, -0.1) is 0 Å². The van der Waals surface area contributed by atoms with Gasteiger partial charge in [-0.2, -0.15) is 0 Å². The molecule has 0 unspecified atom stereocenters. The second kappa shape index (κ2) is 5.14. The number of ether oxygens (including phenoxy) is 2. The second-order valence-corrected chi connectivity index (χ2v) is 4.05. The largest absolute Gasteiger partial charge is 0.487 e. The molecule has 0 saturated heterocycles. The normalized spacial score (nSPS) is 11.0. The summed E-state index contributed by atoms with van der Waals surface area (Å²) >= 11 is 0. The van der Waals surface area contributed by atoms with E-state index < -0.39 is 11.6 Å². The molecule has 0 heterocycles. The highest BCUT2D eigenvalue weighted by Crippen LogP contribution is 2.33. The van der Waals surface area contributed by atoms with Gasteiger partial charge >= 0.3 is 0 Å². The molecule has 0 aliphatic carbocycles. The lowest BCUT2D eigenvalue weighted by Gasteiger charge is -2.17. The van der Waals surface area contributed by atoms with Crippen molar-refractivity contribution in [2.24, 2.45) is 0 Å². The van der Waals surface area contributed by atoms with Crippen LogP contribution in [0.5, 0.6) is 11.5 Å². The smallest absolute Gasteiger partial charge is 0.197 e. The highest BCUT2D eigenvalue weighted by molar-refractivity contribution is 5.41. The van der Waals surface area contributed by atoms with Crippen LogP contribution >= 0.6 is 0 Å². The van der Waals surface area contributed by atoms with Gasteiger partial charge in [0.25, 0.3) is 0 Å². The third kappa shape index (κ3) is 3.36. The van der Waals surface area contributed by atoms with Gasteiger partial charge in [0.05, 0.1) is 12.2 Å². The fourth-order valence-electron chi connectivity index (χ4n) is 1.23. The van der Waals surface area contributed by atoms with Crippen molar-refractivity contribution in [2.75, 3.05) is 0 Å². The highest BCUT2D eigenvalue weighted by Gasteiger charge is 2.16. The Morgan fingerprint density at radius 1 is 0.938 bits per heavy atom. The zero-order valence-corrected chi connectivity index (χ0v) is 9.88. The molecule has 0 aliphatic heterocycles. The van der Waals surface area contributed by atoms with Crippen LogP contribution in [-0.2, 0) is 0 Å². The third-order valence-electron chi connectivity index (χ3n) is 1.69. The van der Waals surface area contributed by atoms with Crippen LogP contribution in [-0.4, -0.2) is 12.2 Å². The molecule has 0 N–H and O–H groups in total. The van der Waals surface area contributed by atoms with Crippen LogP contribution in [0.1, 0.15) is 27.7 Å². The molecule has 0 aliphatic rings. The molecule has 0 bridgehead atoms. The molecule has 0 aromatic heterocycles. The number of benzene rings is 1. The molecular weight excluding hydrogens is 214 g/mol. The van der Waals surface area contributed by atoms with Gasteiger partial charge in [-0.05, 0) is 27.7 Å². The van der Waals surface area contributed by atoms with Crippen molar-refractivity contribution in [1.82, 2.24) is 0 Å². The summed E-state index contributed by atoms with van der Waals surface area (Å²) in [4.78, 5) is 0. The number of hydrogen-bond acceptors (Lipinski definition) is 2. The van der Waals surface area contributed by atoms with E-state index in [9.17, 15) is 8.78 Å². The lowest BCUT2D eigenvalue weighted by molar-refractivity contribution is 0.190. The molecule has 1 rings (SSSR count). The van der Waals surface area contributed by atoms with Crippen molar-refractivity contribution in [1.29, 1.82) is 0 Å². The van der Waals surface area contributed by atoms with E-state index in [1.807, 2.05) is 0 Å². The number of halogens is 2. The van der Waals surface area contributed by atoms with Crippen LogP contribution in [0.15, 0.2) is 12.1 Å². The van der Waals surface area contributed by atoms with Crippen LogP contribution < -0.4 is 9.47 Å². The first-order chi connectivity index (χ1) is 7.40. The van der Waals surface area contributed by atoms with E-state index >= 15 is 0 Å². The fraction of sp³-hybridized carbons (Fsp3) is 0.500. The van der Waals surface area contributed by atoms with Crippen LogP contribution in [0.25, 0.3) is 0 Å². The summed E-state index contributed by atoms with van der Waals surface area (Å²) in [6.45, 7) is 7.09.